The Bertz CT molecular complexity index is 951. The second kappa shape index (κ2) is 8.67. The predicted molar refractivity (Wildman–Crippen MR) is 115 cm³/mol. The van der Waals surface area contributed by atoms with E-state index in [9.17, 15) is 18.0 Å². The van der Waals surface area contributed by atoms with Gasteiger partial charge in [0.25, 0.3) is 0 Å². The van der Waals surface area contributed by atoms with Crippen LogP contribution in [0, 0.1) is 0 Å². The van der Waals surface area contributed by atoms with Gasteiger partial charge in [-0.3, -0.25) is 4.90 Å². The largest absolute Gasteiger partial charge is 0.466 e. The number of urea groups is 1. The van der Waals surface area contributed by atoms with Crippen LogP contribution in [0.15, 0.2) is 35.5 Å². The lowest BCUT2D eigenvalue weighted by molar-refractivity contribution is -0.136. The Morgan fingerprint density at radius 1 is 1.23 bits per heavy atom. The molecule has 3 rings (SSSR count). The zero-order chi connectivity index (χ0) is 22.1. The summed E-state index contributed by atoms with van der Waals surface area (Å²) in [6.07, 6.45) is 0.352. The molecule has 0 aromatic heterocycles. The molecular formula is C21H29N3O5S. The lowest BCUT2D eigenvalue weighted by Crippen LogP contribution is -2.52. The average Bonchev–Trinajstić information content (AvgIpc) is 3.07. The summed E-state index contributed by atoms with van der Waals surface area (Å²) in [4.78, 5) is 29.2. The van der Waals surface area contributed by atoms with Crippen LogP contribution in [0.1, 0.15) is 38.8 Å². The number of anilines is 1. The zero-order valence-electron chi connectivity index (χ0n) is 17.8. The first kappa shape index (κ1) is 22.1. The fourth-order valence-electron chi connectivity index (χ4n) is 4.27. The van der Waals surface area contributed by atoms with Crippen LogP contribution in [0.2, 0.25) is 0 Å². The molecule has 2 amide bonds. The Morgan fingerprint density at radius 2 is 1.87 bits per heavy atom. The van der Waals surface area contributed by atoms with Crippen molar-refractivity contribution < 1.29 is 22.7 Å². The minimum Gasteiger partial charge on any atom is -0.466 e. The molecule has 1 N–H and O–H groups in total. The molecule has 0 radical (unpaired) electrons. The van der Waals surface area contributed by atoms with E-state index < -0.39 is 33.9 Å². The molecule has 1 aromatic carbocycles. The molecule has 30 heavy (non-hydrogen) atoms. The molecule has 0 unspecified atom stereocenters. The first-order valence-electron chi connectivity index (χ1n) is 10.2. The maximum absolute atomic E-state index is 12.9. The number of nitrogens with zero attached hydrogens (tertiary/aromatic N) is 2. The summed E-state index contributed by atoms with van der Waals surface area (Å²) < 4.78 is 28.8. The number of carbonyl (C=O) groups is 2. The number of hydrogen-bond acceptors (Lipinski definition) is 6. The third-order valence-corrected chi connectivity index (χ3v) is 7.61. The molecule has 1 aromatic rings. The van der Waals surface area contributed by atoms with Crippen molar-refractivity contribution in [3.8, 4) is 0 Å². The molecule has 0 spiro atoms. The van der Waals surface area contributed by atoms with E-state index in [4.69, 9.17) is 4.74 Å². The minimum atomic E-state index is -3.18. The van der Waals surface area contributed by atoms with Crippen LogP contribution in [-0.2, 0) is 19.4 Å². The van der Waals surface area contributed by atoms with Gasteiger partial charge in [0.2, 0.25) is 0 Å². The summed E-state index contributed by atoms with van der Waals surface area (Å²) in [7, 11) is -1.89. The maximum atomic E-state index is 12.9. The molecule has 2 atom stereocenters. The Morgan fingerprint density at radius 3 is 2.37 bits per heavy atom. The van der Waals surface area contributed by atoms with Crippen LogP contribution in [0.25, 0.3) is 0 Å². The monoisotopic (exact) mass is 435 g/mol. The third kappa shape index (κ3) is 4.16. The van der Waals surface area contributed by atoms with E-state index >= 15 is 0 Å². The second-order valence-electron chi connectivity index (χ2n) is 7.56. The van der Waals surface area contributed by atoms with Gasteiger partial charge >= 0.3 is 12.0 Å². The number of hydrogen-bond donors (Lipinski definition) is 1. The SMILES string of the molecule is CCN(CC)c1ccc([C@@H]2NC(=O)N([C@@H]3CCS(=O)(=O)C3)C(C)=C2C(=O)OC)cc1. The fraction of sp³-hybridized carbons (Fsp3) is 0.524. The van der Waals surface area contributed by atoms with Gasteiger partial charge in [-0.2, -0.15) is 0 Å². The molecule has 2 aliphatic rings. The van der Waals surface area contributed by atoms with Crippen LogP contribution in [0.3, 0.4) is 0 Å². The average molecular weight is 436 g/mol. The third-order valence-electron chi connectivity index (χ3n) is 5.86. The van der Waals surface area contributed by atoms with Crippen molar-refractivity contribution in [2.45, 2.75) is 39.3 Å². The summed E-state index contributed by atoms with van der Waals surface area (Å²) in [5.74, 6) is -0.607. The van der Waals surface area contributed by atoms with Crippen LogP contribution >= 0.6 is 0 Å². The second-order valence-corrected chi connectivity index (χ2v) is 9.79. The summed E-state index contributed by atoms with van der Waals surface area (Å²) in [6.45, 7) is 7.59. The number of nitrogens with one attached hydrogen (secondary N) is 1. The lowest BCUT2D eigenvalue weighted by Gasteiger charge is -2.38. The highest BCUT2D eigenvalue weighted by atomic mass is 32.2. The zero-order valence-corrected chi connectivity index (χ0v) is 18.7. The highest BCUT2D eigenvalue weighted by Crippen LogP contribution is 2.34. The summed E-state index contributed by atoms with van der Waals surface area (Å²) in [5, 5.41) is 2.88. The van der Waals surface area contributed by atoms with E-state index in [1.807, 2.05) is 24.3 Å². The minimum absolute atomic E-state index is 0.0402. The number of rotatable bonds is 6. The molecule has 9 heteroatoms. The molecule has 0 saturated carbocycles. The van der Waals surface area contributed by atoms with Gasteiger partial charge in [0, 0.05) is 24.5 Å². The van der Waals surface area contributed by atoms with Crippen molar-refractivity contribution >= 4 is 27.5 Å². The van der Waals surface area contributed by atoms with Crippen molar-refractivity contribution in [1.29, 1.82) is 0 Å². The number of sulfone groups is 1. The van der Waals surface area contributed by atoms with Crippen LogP contribution < -0.4 is 10.2 Å². The van der Waals surface area contributed by atoms with Gasteiger partial charge in [0.05, 0.1) is 36.3 Å². The van der Waals surface area contributed by atoms with Crippen LogP contribution in [-0.4, -0.2) is 63.1 Å². The Balaban J connectivity index is 1.99. The van der Waals surface area contributed by atoms with Gasteiger partial charge < -0.3 is 15.0 Å². The van der Waals surface area contributed by atoms with Gasteiger partial charge in [0.1, 0.15) is 0 Å². The molecule has 1 fully saturated rings. The number of allylic oxidation sites excluding steroid dienone is 1. The molecule has 164 valence electrons. The first-order valence-corrected chi connectivity index (χ1v) is 12.0. The molecule has 8 nitrogen and oxygen atoms in total. The Kier molecular flexibility index (Phi) is 6.40. The summed E-state index contributed by atoms with van der Waals surface area (Å²) in [6, 6.07) is 6.17. The topological polar surface area (TPSA) is 96.0 Å². The highest BCUT2D eigenvalue weighted by Gasteiger charge is 2.42. The first-order chi connectivity index (χ1) is 14.2. The smallest absolute Gasteiger partial charge is 0.337 e. The van der Waals surface area contributed by atoms with Crippen molar-refractivity contribution in [3.63, 3.8) is 0 Å². The maximum Gasteiger partial charge on any atom is 0.337 e. The van der Waals surface area contributed by atoms with Gasteiger partial charge in [-0.15, -0.1) is 0 Å². The number of esters is 1. The Labute approximate surface area is 177 Å². The van der Waals surface area contributed by atoms with Gasteiger partial charge in [0.15, 0.2) is 9.84 Å². The van der Waals surface area contributed by atoms with E-state index in [1.165, 1.54) is 12.0 Å². The number of carbonyl (C=O) groups excluding carboxylic acids is 2. The number of amides is 2. The molecule has 0 aliphatic carbocycles. The Hall–Kier alpha value is -2.55. The van der Waals surface area contributed by atoms with E-state index in [2.05, 4.69) is 24.1 Å². The lowest BCUT2D eigenvalue weighted by atomic mass is 9.94. The van der Waals surface area contributed by atoms with Crippen molar-refractivity contribution in [3.05, 3.63) is 41.1 Å². The fourth-order valence-corrected chi connectivity index (χ4v) is 5.97. The van der Waals surface area contributed by atoms with Crippen molar-refractivity contribution in [2.24, 2.45) is 0 Å². The molecular weight excluding hydrogens is 406 g/mol. The van der Waals surface area contributed by atoms with Crippen LogP contribution in [0.4, 0.5) is 10.5 Å². The summed E-state index contributed by atoms with van der Waals surface area (Å²) in [5.41, 5.74) is 2.57. The van der Waals surface area contributed by atoms with Crippen molar-refractivity contribution in [1.82, 2.24) is 10.2 Å². The predicted octanol–water partition coefficient (Wildman–Crippen LogP) is 2.23. The van der Waals surface area contributed by atoms with E-state index in [0.29, 0.717) is 17.7 Å². The van der Waals surface area contributed by atoms with E-state index in [1.54, 1.807) is 6.92 Å². The summed E-state index contributed by atoms with van der Waals surface area (Å²) >= 11 is 0. The number of methoxy groups -OCH3 is 1. The number of benzene rings is 1. The molecule has 2 aliphatic heterocycles. The van der Waals surface area contributed by atoms with Gasteiger partial charge in [-0.1, -0.05) is 12.1 Å². The highest BCUT2D eigenvalue weighted by molar-refractivity contribution is 7.91. The van der Waals surface area contributed by atoms with Gasteiger partial charge in [-0.25, -0.2) is 18.0 Å². The molecule has 1 saturated heterocycles. The van der Waals surface area contributed by atoms with E-state index in [-0.39, 0.29) is 11.5 Å². The quantitative estimate of drug-likeness (QED) is 0.689. The van der Waals surface area contributed by atoms with Crippen molar-refractivity contribution in [2.75, 3.05) is 36.6 Å². The van der Waals surface area contributed by atoms with Crippen LogP contribution in [0.5, 0.6) is 0 Å². The standard InChI is InChI=1S/C21H29N3O5S/c1-5-23(6-2)16-9-7-15(8-10-16)19-18(20(25)29-4)14(3)24(21(26)22-19)17-11-12-30(27,28)13-17/h7-10,17,19H,5-6,11-13H2,1-4H3,(H,22,26)/t17-,19+/m1/s1. The van der Waals surface area contributed by atoms with E-state index in [0.717, 1.165) is 24.3 Å². The normalized spacial score (nSPS) is 23.3. The molecule has 0 bridgehead atoms. The van der Waals surface area contributed by atoms with Gasteiger partial charge in [-0.05, 0) is 44.9 Å². The number of ether oxygens (including phenoxy) is 1. The molecule has 2 heterocycles.